The first-order valence-electron chi connectivity index (χ1n) is 6.82. The molecule has 2 rings (SSSR count). The van der Waals surface area contributed by atoms with E-state index in [1.165, 1.54) is 5.56 Å². The van der Waals surface area contributed by atoms with Gasteiger partial charge in [0.05, 0.1) is 0 Å². The smallest absolute Gasteiger partial charge is 0.254 e. The summed E-state index contributed by atoms with van der Waals surface area (Å²) in [5.41, 5.74) is 2.26. The molecular weight excluding hydrogens is 322 g/mol. The number of hydrogen-bond donors (Lipinski definition) is 0. The van der Waals surface area contributed by atoms with Crippen LogP contribution in [0.25, 0.3) is 0 Å². The summed E-state index contributed by atoms with van der Waals surface area (Å²) in [4.78, 5) is 0. The van der Waals surface area contributed by atoms with Crippen molar-refractivity contribution in [3.05, 3.63) is 59.4 Å². The average molecular weight is 336 g/mol. The van der Waals surface area contributed by atoms with Gasteiger partial charge in [0.2, 0.25) is 0 Å². The Hall–Kier alpha value is -0.339. The number of aryl methyl sites for hydroxylation is 1. The van der Waals surface area contributed by atoms with E-state index in [1.54, 1.807) is 6.07 Å². The van der Waals surface area contributed by atoms with Gasteiger partial charge in [0, 0.05) is 0 Å². The molecule has 0 aliphatic rings. The standard InChI is InChI=1S/C15H14FO.BF3.K/c1-2-12-8-9-14(16)15(10-12)17-11-13-6-4-3-5-7-13;2-1(3)4;/h3-7,9-10H,2,11H2,1H3;;. The number of rotatable bonds is 4. The molecular formula is C15H14BF4KO. The van der Waals surface area contributed by atoms with Crippen LogP contribution < -0.4 is 4.39 Å². The molecule has 0 aliphatic heterocycles. The van der Waals surface area contributed by atoms with E-state index in [-0.39, 0.29) is 5.82 Å². The summed E-state index contributed by atoms with van der Waals surface area (Å²) in [7, 11) is -3.67. The van der Waals surface area contributed by atoms with Crippen LogP contribution in [0.5, 0.6) is 5.75 Å². The Morgan fingerprint density at radius 2 is 1.68 bits per heavy atom. The van der Waals surface area contributed by atoms with Gasteiger partial charge < -0.3 is 0 Å². The maximum absolute atomic E-state index is 13.8. The van der Waals surface area contributed by atoms with Gasteiger partial charge in [-0.05, 0) is 0 Å². The van der Waals surface area contributed by atoms with Crippen LogP contribution in [0.1, 0.15) is 18.1 Å². The van der Waals surface area contributed by atoms with Gasteiger partial charge in [-0.15, -0.1) is 0 Å². The fraction of sp³-hybridized carbons (Fsp3) is 0.200. The van der Waals surface area contributed by atoms with Crippen LogP contribution in [-0.2, 0) is 13.0 Å². The first-order valence-corrected chi connectivity index (χ1v) is 8.38. The van der Waals surface area contributed by atoms with E-state index in [0.29, 0.717) is 61.3 Å². The van der Waals surface area contributed by atoms with Gasteiger partial charge in [0.1, 0.15) is 0 Å². The van der Waals surface area contributed by atoms with Crippen LogP contribution in [0.4, 0.5) is 17.3 Å². The molecule has 112 valence electrons. The molecule has 0 bridgehead atoms. The molecule has 0 amide bonds. The molecule has 2 aromatic rings. The molecule has 0 spiro atoms. The molecule has 0 unspecified atom stereocenters. The average Bonchev–Trinajstić information content (AvgIpc) is 2.47. The van der Waals surface area contributed by atoms with Crippen molar-refractivity contribution in [1.29, 1.82) is 0 Å². The normalized spacial score (nSPS) is 9.77. The van der Waals surface area contributed by atoms with E-state index in [2.05, 4.69) is 6.92 Å². The minimum Gasteiger partial charge on any atom is -0.254 e. The fourth-order valence-electron chi connectivity index (χ4n) is 1.92. The topological polar surface area (TPSA) is 9.23 Å². The number of benzene rings is 2. The predicted octanol–water partition coefficient (Wildman–Crippen LogP) is 3.64. The number of hydrogen-bond acceptors (Lipinski definition) is 1. The molecule has 2 aromatic carbocycles. The summed E-state index contributed by atoms with van der Waals surface area (Å²) in [6.45, 7) is 2.49. The molecule has 0 fully saturated rings. The molecule has 0 aromatic heterocycles. The molecule has 0 N–H and O–H groups in total. The zero-order valence-corrected chi connectivity index (χ0v) is 15.6. The third-order valence-electron chi connectivity index (χ3n) is 3.01. The third kappa shape index (κ3) is 7.28. The summed E-state index contributed by atoms with van der Waals surface area (Å²) >= 11 is 0.497. The quantitative estimate of drug-likeness (QED) is 0.612. The maximum Gasteiger partial charge on any atom is 0.762 e. The Kier molecular flexibility index (Phi) is 9.35. The van der Waals surface area contributed by atoms with Crippen molar-refractivity contribution in [2.24, 2.45) is 0 Å². The predicted molar refractivity (Wildman–Crippen MR) is 81.0 cm³/mol. The van der Waals surface area contributed by atoms with Crippen molar-refractivity contribution >= 4 is 56.2 Å². The number of ether oxygens (including phenoxy) is 1. The minimum absolute atomic E-state index is 0.244. The van der Waals surface area contributed by atoms with Crippen LogP contribution in [0.3, 0.4) is 0 Å². The molecule has 0 saturated heterocycles. The van der Waals surface area contributed by atoms with Crippen molar-refractivity contribution in [2.75, 3.05) is 0 Å². The van der Waals surface area contributed by atoms with E-state index in [1.807, 2.05) is 36.4 Å². The van der Waals surface area contributed by atoms with Crippen molar-refractivity contribution in [1.82, 2.24) is 0 Å². The second kappa shape index (κ2) is 10.4. The minimum atomic E-state index is -3.67. The van der Waals surface area contributed by atoms with Crippen LogP contribution in [0.2, 0.25) is 0 Å². The monoisotopic (exact) mass is 336 g/mol. The summed E-state index contributed by atoms with van der Waals surface area (Å²) in [5.74, 6) is 0.120. The summed E-state index contributed by atoms with van der Waals surface area (Å²) in [5, 5.41) is 0. The molecule has 0 atom stereocenters. The summed E-state index contributed by atoms with van der Waals surface area (Å²) < 4.78 is 49.5. The zero-order chi connectivity index (χ0) is 16.5. The maximum atomic E-state index is 13.8. The Morgan fingerprint density at radius 3 is 2.23 bits per heavy atom. The van der Waals surface area contributed by atoms with E-state index in [9.17, 15) is 17.3 Å². The Bertz CT molecular complexity index is 579. The third-order valence-corrected chi connectivity index (χ3v) is 4.46. The van der Waals surface area contributed by atoms with Crippen LogP contribution >= 0.6 is 0 Å². The van der Waals surface area contributed by atoms with Gasteiger partial charge in [0.25, 0.3) is 0 Å². The molecule has 22 heavy (non-hydrogen) atoms. The molecule has 0 saturated carbocycles. The van der Waals surface area contributed by atoms with Crippen LogP contribution in [-0.4, -0.2) is 56.5 Å². The second-order valence-corrected chi connectivity index (χ2v) is 6.27. The van der Waals surface area contributed by atoms with Gasteiger partial charge in [-0.1, -0.05) is 0 Å². The van der Waals surface area contributed by atoms with E-state index >= 15 is 0 Å². The van der Waals surface area contributed by atoms with E-state index in [4.69, 9.17) is 4.74 Å². The SMILES string of the molecule is CCc1cc(OCc2ccccc2)c(F)c[c]1[K].FB(F)F. The van der Waals surface area contributed by atoms with Gasteiger partial charge in [-0.3, -0.25) is 12.9 Å². The van der Waals surface area contributed by atoms with Gasteiger partial charge >= 0.3 is 150 Å². The molecule has 7 heteroatoms. The molecule has 1 nitrogen and oxygen atoms in total. The van der Waals surface area contributed by atoms with Crippen LogP contribution in [0, 0.1) is 5.82 Å². The van der Waals surface area contributed by atoms with Crippen molar-refractivity contribution in [3.63, 3.8) is 0 Å². The molecule has 0 aliphatic carbocycles. The van der Waals surface area contributed by atoms with Gasteiger partial charge in [-0.2, -0.15) is 0 Å². The van der Waals surface area contributed by atoms with Gasteiger partial charge in [-0.25, -0.2) is 0 Å². The van der Waals surface area contributed by atoms with Crippen molar-refractivity contribution in [3.8, 4) is 5.75 Å². The van der Waals surface area contributed by atoms with E-state index in [0.717, 1.165) is 11.6 Å². The van der Waals surface area contributed by atoms with Crippen LogP contribution in [0.15, 0.2) is 42.5 Å². The van der Waals surface area contributed by atoms with Gasteiger partial charge in [0.15, 0.2) is 0 Å². The Morgan fingerprint density at radius 1 is 1.09 bits per heavy atom. The summed E-state index contributed by atoms with van der Waals surface area (Å²) in [6, 6.07) is 13.3. The van der Waals surface area contributed by atoms with E-state index < -0.39 is 7.54 Å². The first kappa shape index (κ1) is 19.7. The van der Waals surface area contributed by atoms with Crippen molar-refractivity contribution < 1.29 is 22.1 Å². The zero-order valence-electron chi connectivity index (χ0n) is 12.5. The van der Waals surface area contributed by atoms with Crippen molar-refractivity contribution in [2.45, 2.75) is 20.0 Å². The fourth-order valence-corrected chi connectivity index (χ4v) is 3.10. The molecule has 0 heterocycles. The Balaban J connectivity index is 0.000000541. The summed E-state index contributed by atoms with van der Waals surface area (Å²) in [6.07, 6.45) is 0.930. The Labute approximate surface area is 161 Å². The number of halogens is 4. The molecule has 0 radical (unpaired) electrons. The second-order valence-electron chi connectivity index (χ2n) is 4.58. The first-order chi connectivity index (χ1) is 10.4. The largest absolute Gasteiger partial charge is 0.762 e.